The number of benzene rings is 1. The van der Waals surface area contributed by atoms with E-state index in [1.54, 1.807) is 6.07 Å². The summed E-state index contributed by atoms with van der Waals surface area (Å²) < 4.78 is 5.06. The summed E-state index contributed by atoms with van der Waals surface area (Å²) in [6, 6.07) is 13.0. The normalized spacial score (nSPS) is 26.4. The smallest absolute Gasteiger partial charge is 0.327 e. The molecule has 0 bridgehead atoms. The van der Waals surface area contributed by atoms with Gasteiger partial charge in [-0.05, 0) is 30.0 Å². The molecular weight excluding hydrogens is 495 g/mol. The van der Waals surface area contributed by atoms with Crippen molar-refractivity contribution in [2.45, 2.75) is 40.5 Å². The number of nitrogens with zero attached hydrogens (tertiary/aromatic N) is 1. The van der Waals surface area contributed by atoms with Crippen LogP contribution in [0, 0.1) is 0 Å². The molecule has 144 valence electrons. The number of halogens is 3. The molecule has 1 N–H and O–H groups in total. The number of pyridine rings is 1. The van der Waals surface area contributed by atoms with Crippen molar-refractivity contribution >= 4 is 49.4 Å². The van der Waals surface area contributed by atoms with E-state index >= 15 is 0 Å². The van der Waals surface area contributed by atoms with Crippen LogP contribution in [0.5, 0.6) is 0 Å². The SMILES string of the molecule is COC(=O)[C@@H](N[C@@H]1CC[C@@H](Br)[C@H](Br)[C@H]1c1ccc(Cl)nc1)c1ccccc1. The quantitative estimate of drug-likeness (QED) is 0.345. The molecule has 1 aromatic heterocycles. The fourth-order valence-corrected chi connectivity index (χ4v) is 5.23. The average Bonchev–Trinajstić information content (AvgIpc) is 2.70. The van der Waals surface area contributed by atoms with Crippen LogP contribution in [0.3, 0.4) is 0 Å². The summed E-state index contributed by atoms with van der Waals surface area (Å²) in [5.74, 6) is -0.162. The molecule has 7 heteroatoms. The van der Waals surface area contributed by atoms with Gasteiger partial charge in [0.15, 0.2) is 0 Å². The lowest BCUT2D eigenvalue weighted by Crippen LogP contribution is -2.48. The van der Waals surface area contributed by atoms with Crippen LogP contribution in [-0.4, -0.2) is 33.8 Å². The Morgan fingerprint density at radius 2 is 1.96 bits per heavy atom. The van der Waals surface area contributed by atoms with Crippen molar-refractivity contribution in [3.05, 3.63) is 64.9 Å². The number of methoxy groups -OCH3 is 1. The molecule has 0 unspecified atom stereocenters. The predicted octanol–water partition coefficient (Wildman–Crippen LogP) is 5.01. The van der Waals surface area contributed by atoms with Crippen LogP contribution in [0.4, 0.5) is 0 Å². The number of carbonyl (C=O) groups is 1. The Hall–Kier alpha value is -0.950. The van der Waals surface area contributed by atoms with E-state index in [4.69, 9.17) is 16.3 Å². The Morgan fingerprint density at radius 3 is 2.59 bits per heavy atom. The number of aromatic nitrogens is 1. The van der Waals surface area contributed by atoms with Gasteiger partial charge < -0.3 is 4.74 Å². The van der Waals surface area contributed by atoms with E-state index in [0.29, 0.717) is 9.98 Å². The van der Waals surface area contributed by atoms with E-state index in [1.165, 1.54) is 7.11 Å². The second-order valence-corrected chi connectivity index (χ2v) is 9.24. The van der Waals surface area contributed by atoms with Crippen LogP contribution in [0.1, 0.15) is 35.9 Å². The van der Waals surface area contributed by atoms with Crippen LogP contribution >= 0.6 is 43.5 Å². The molecule has 27 heavy (non-hydrogen) atoms. The lowest BCUT2D eigenvalue weighted by molar-refractivity contribution is -0.143. The summed E-state index contributed by atoms with van der Waals surface area (Å²) >= 11 is 13.6. The van der Waals surface area contributed by atoms with Crippen LogP contribution in [0.15, 0.2) is 48.7 Å². The maximum absolute atomic E-state index is 12.5. The van der Waals surface area contributed by atoms with E-state index < -0.39 is 6.04 Å². The Bertz CT molecular complexity index is 760. The zero-order valence-electron chi connectivity index (χ0n) is 14.8. The van der Waals surface area contributed by atoms with Gasteiger partial charge in [-0.15, -0.1) is 0 Å². The van der Waals surface area contributed by atoms with Crippen molar-refractivity contribution in [1.29, 1.82) is 0 Å². The highest BCUT2D eigenvalue weighted by Gasteiger charge is 2.40. The average molecular weight is 517 g/mol. The number of hydrogen-bond acceptors (Lipinski definition) is 4. The van der Waals surface area contributed by atoms with Crippen molar-refractivity contribution < 1.29 is 9.53 Å². The van der Waals surface area contributed by atoms with E-state index in [0.717, 1.165) is 24.0 Å². The third kappa shape index (κ3) is 4.91. The molecule has 1 saturated carbocycles. The summed E-state index contributed by atoms with van der Waals surface area (Å²) in [5.41, 5.74) is 1.98. The second-order valence-electron chi connectivity index (χ2n) is 6.62. The topological polar surface area (TPSA) is 51.2 Å². The van der Waals surface area contributed by atoms with Crippen molar-refractivity contribution in [1.82, 2.24) is 10.3 Å². The third-order valence-corrected chi connectivity index (χ3v) is 8.13. The molecule has 2 aromatic rings. The van der Waals surface area contributed by atoms with E-state index in [9.17, 15) is 4.79 Å². The standard InChI is InChI=1S/C20H21Br2ClN2O2/c1-27-20(26)19(12-5-3-2-4-6-12)25-15-9-8-14(21)18(22)17(15)13-7-10-16(23)24-11-13/h2-7,10-11,14-15,17-19,25H,8-9H2,1H3/t14-,15-,17+,18+,19+/m1/s1. The van der Waals surface area contributed by atoms with E-state index in [2.05, 4.69) is 42.2 Å². The highest BCUT2D eigenvalue weighted by Crippen LogP contribution is 2.41. The van der Waals surface area contributed by atoms with Gasteiger partial charge in [-0.1, -0.05) is 79.9 Å². The molecule has 0 aliphatic heterocycles. The van der Waals surface area contributed by atoms with Crippen LogP contribution < -0.4 is 5.32 Å². The highest BCUT2D eigenvalue weighted by atomic mass is 79.9. The molecule has 0 radical (unpaired) electrons. The molecule has 0 spiro atoms. The zero-order valence-corrected chi connectivity index (χ0v) is 18.7. The number of hydrogen-bond donors (Lipinski definition) is 1. The minimum Gasteiger partial charge on any atom is -0.468 e. The van der Waals surface area contributed by atoms with E-state index in [1.807, 2.05) is 42.6 Å². The molecule has 0 amide bonds. The summed E-state index contributed by atoms with van der Waals surface area (Å²) in [4.78, 5) is 17.3. The number of alkyl halides is 2. The van der Waals surface area contributed by atoms with Gasteiger partial charge in [0.2, 0.25) is 0 Å². The number of carbonyl (C=O) groups excluding carboxylic acids is 1. The van der Waals surface area contributed by atoms with Gasteiger partial charge in [0.1, 0.15) is 11.2 Å². The minimum atomic E-state index is -0.518. The van der Waals surface area contributed by atoms with Gasteiger partial charge >= 0.3 is 5.97 Å². The van der Waals surface area contributed by atoms with Crippen LogP contribution in [-0.2, 0) is 9.53 Å². The fourth-order valence-electron chi connectivity index (χ4n) is 3.59. The largest absolute Gasteiger partial charge is 0.468 e. The first-order valence-corrected chi connectivity index (χ1v) is 11.0. The number of ether oxygens (including phenoxy) is 1. The Labute approximate surface area is 181 Å². The van der Waals surface area contributed by atoms with Crippen molar-refractivity contribution in [3.63, 3.8) is 0 Å². The van der Waals surface area contributed by atoms with Crippen LogP contribution in [0.25, 0.3) is 0 Å². The predicted molar refractivity (Wildman–Crippen MR) is 115 cm³/mol. The Morgan fingerprint density at radius 1 is 1.22 bits per heavy atom. The summed E-state index contributed by atoms with van der Waals surface area (Å²) in [6.07, 6.45) is 3.73. The second kappa shape index (κ2) is 9.50. The van der Waals surface area contributed by atoms with Gasteiger partial charge in [-0.3, -0.25) is 5.32 Å². The van der Waals surface area contributed by atoms with Crippen LogP contribution in [0.2, 0.25) is 5.15 Å². The molecule has 5 atom stereocenters. The molecule has 3 rings (SSSR count). The van der Waals surface area contributed by atoms with Gasteiger partial charge in [0.25, 0.3) is 0 Å². The first-order chi connectivity index (χ1) is 13.0. The molecule has 1 aromatic carbocycles. The van der Waals surface area contributed by atoms with E-state index in [-0.39, 0.29) is 22.8 Å². The Kier molecular flexibility index (Phi) is 7.31. The number of esters is 1. The van der Waals surface area contributed by atoms with Crippen molar-refractivity contribution in [3.8, 4) is 0 Å². The highest BCUT2D eigenvalue weighted by molar-refractivity contribution is 9.12. The first kappa shape index (κ1) is 20.8. The minimum absolute atomic E-state index is 0.0791. The van der Waals surface area contributed by atoms with Gasteiger partial charge in [-0.25, -0.2) is 9.78 Å². The summed E-state index contributed by atoms with van der Waals surface area (Å²) in [6.45, 7) is 0. The monoisotopic (exact) mass is 514 g/mol. The lowest BCUT2D eigenvalue weighted by Gasteiger charge is -2.40. The van der Waals surface area contributed by atoms with Gasteiger partial charge in [0, 0.05) is 27.8 Å². The molecule has 1 aliphatic rings. The van der Waals surface area contributed by atoms with Gasteiger partial charge in [-0.2, -0.15) is 0 Å². The molecule has 1 heterocycles. The maximum Gasteiger partial charge on any atom is 0.327 e. The zero-order chi connectivity index (χ0) is 19.4. The first-order valence-electron chi connectivity index (χ1n) is 8.79. The molecule has 1 aliphatic carbocycles. The molecule has 1 fully saturated rings. The Balaban J connectivity index is 1.91. The fraction of sp³-hybridized carbons (Fsp3) is 0.400. The number of rotatable bonds is 5. The van der Waals surface area contributed by atoms with Crippen molar-refractivity contribution in [2.24, 2.45) is 0 Å². The molecular formula is C20H21Br2ClN2O2. The third-order valence-electron chi connectivity index (χ3n) is 4.96. The van der Waals surface area contributed by atoms with Gasteiger partial charge in [0.05, 0.1) is 7.11 Å². The maximum atomic E-state index is 12.5. The summed E-state index contributed by atoms with van der Waals surface area (Å²) in [7, 11) is 1.42. The van der Waals surface area contributed by atoms with Crippen molar-refractivity contribution in [2.75, 3.05) is 7.11 Å². The molecule has 4 nitrogen and oxygen atoms in total. The lowest BCUT2D eigenvalue weighted by atomic mass is 9.79. The summed E-state index contributed by atoms with van der Waals surface area (Å²) in [5, 5.41) is 4.02. The molecule has 0 saturated heterocycles. The number of nitrogens with one attached hydrogen (secondary N) is 1.